The zero-order chi connectivity index (χ0) is 21.1. The van der Waals surface area contributed by atoms with Gasteiger partial charge in [0.2, 0.25) is 5.91 Å². The molecule has 2 heterocycles. The first-order valence-electron chi connectivity index (χ1n) is 10.3. The van der Waals surface area contributed by atoms with Gasteiger partial charge in [-0.15, -0.1) is 0 Å². The lowest BCUT2D eigenvalue weighted by Crippen LogP contribution is -2.29. The number of anilines is 1. The first kappa shape index (κ1) is 19.9. The van der Waals surface area contributed by atoms with Gasteiger partial charge in [-0.3, -0.25) is 14.3 Å². The Labute approximate surface area is 176 Å². The van der Waals surface area contributed by atoms with Crippen LogP contribution in [0.4, 0.5) is 5.69 Å². The maximum atomic E-state index is 12.9. The predicted molar refractivity (Wildman–Crippen MR) is 116 cm³/mol. The Morgan fingerprint density at radius 2 is 1.80 bits per heavy atom. The van der Waals surface area contributed by atoms with Gasteiger partial charge < -0.3 is 10.2 Å². The smallest absolute Gasteiger partial charge is 0.253 e. The van der Waals surface area contributed by atoms with Gasteiger partial charge in [0.25, 0.3) is 5.91 Å². The molecule has 6 nitrogen and oxygen atoms in total. The summed E-state index contributed by atoms with van der Waals surface area (Å²) in [6, 6.07) is 17.5. The van der Waals surface area contributed by atoms with Crippen molar-refractivity contribution in [2.24, 2.45) is 0 Å². The molecule has 0 atom stereocenters. The van der Waals surface area contributed by atoms with Gasteiger partial charge >= 0.3 is 0 Å². The van der Waals surface area contributed by atoms with Gasteiger partial charge in [-0.1, -0.05) is 42.5 Å². The second-order valence-corrected chi connectivity index (χ2v) is 7.64. The van der Waals surface area contributed by atoms with E-state index in [9.17, 15) is 9.59 Å². The van der Waals surface area contributed by atoms with Crippen LogP contribution in [0.3, 0.4) is 0 Å². The minimum absolute atomic E-state index is 0.0733. The first-order chi connectivity index (χ1) is 14.5. The number of para-hydroxylation sites is 1. The Kier molecular flexibility index (Phi) is 5.65. The highest BCUT2D eigenvalue weighted by Gasteiger charge is 2.25. The number of hydrogen-bond acceptors (Lipinski definition) is 3. The van der Waals surface area contributed by atoms with E-state index in [4.69, 9.17) is 0 Å². The zero-order valence-electron chi connectivity index (χ0n) is 17.4. The Hall–Kier alpha value is -3.41. The molecule has 0 bridgehead atoms. The third-order valence-corrected chi connectivity index (χ3v) is 5.65. The van der Waals surface area contributed by atoms with E-state index in [1.807, 2.05) is 54.9 Å². The van der Waals surface area contributed by atoms with E-state index in [-0.39, 0.29) is 11.8 Å². The maximum Gasteiger partial charge on any atom is 0.253 e. The Balaban J connectivity index is 1.49. The molecule has 0 saturated carbocycles. The van der Waals surface area contributed by atoms with Gasteiger partial charge in [0.1, 0.15) is 0 Å². The molecule has 3 aromatic rings. The molecule has 0 aliphatic carbocycles. The van der Waals surface area contributed by atoms with Crippen LogP contribution in [-0.4, -0.2) is 28.1 Å². The normalized spacial score (nSPS) is 13.7. The molecule has 0 spiro atoms. The molecule has 4 rings (SSSR count). The van der Waals surface area contributed by atoms with Crippen molar-refractivity contribution in [2.75, 3.05) is 11.4 Å². The largest absolute Gasteiger partial charge is 0.348 e. The fourth-order valence-electron chi connectivity index (χ4n) is 3.97. The van der Waals surface area contributed by atoms with Crippen LogP contribution < -0.4 is 10.2 Å². The highest BCUT2D eigenvalue weighted by molar-refractivity contribution is 6.05. The molecular weight excluding hydrogens is 376 g/mol. The molecule has 6 heteroatoms. The SMILES string of the molecule is Cc1nn(Cc2ccccc2)c(C)c1CNC(=O)c1ccccc1N1CCCC1=O. The summed E-state index contributed by atoms with van der Waals surface area (Å²) >= 11 is 0. The number of nitrogens with one attached hydrogen (secondary N) is 1. The summed E-state index contributed by atoms with van der Waals surface area (Å²) in [5.41, 5.74) is 5.37. The van der Waals surface area contributed by atoms with Crippen molar-refractivity contribution in [2.45, 2.75) is 39.8 Å². The second-order valence-electron chi connectivity index (χ2n) is 7.64. The van der Waals surface area contributed by atoms with Crippen molar-refractivity contribution in [1.82, 2.24) is 15.1 Å². The quantitative estimate of drug-likeness (QED) is 0.685. The van der Waals surface area contributed by atoms with Gasteiger partial charge in [0.15, 0.2) is 0 Å². The minimum atomic E-state index is -0.181. The summed E-state index contributed by atoms with van der Waals surface area (Å²) in [6.07, 6.45) is 1.36. The number of hydrogen-bond donors (Lipinski definition) is 1. The average molecular weight is 402 g/mol. The molecule has 0 radical (unpaired) electrons. The lowest BCUT2D eigenvalue weighted by atomic mass is 10.1. The number of aryl methyl sites for hydroxylation is 1. The molecule has 154 valence electrons. The van der Waals surface area contributed by atoms with Crippen LogP contribution in [0.15, 0.2) is 54.6 Å². The van der Waals surface area contributed by atoms with Crippen molar-refractivity contribution in [3.63, 3.8) is 0 Å². The van der Waals surface area contributed by atoms with Gasteiger partial charge in [0, 0.05) is 30.8 Å². The van der Waals surface area contributed by atoms with E-state index in [0.29, 0.717) is 37.3 Å². The van der Waals surface area contributed by atoms with Crippen molar-refractivity contribution in [1.29, 1.82) is 0 Å². The maximum absolute atomic E-state index is 12.9. The van der Waals surface area contributed by atoms with E-state index in [1.165, 1.54) is 5.56 Å². The molecule has 1 aliphatic heterocycles. The number of carbonyl (C=O) groups is 2. The average Bonchev–Trinajstić information content (AvgIpc) is 3.30. The zero-order valence-corrected chi connectivity index (χ0v) is 17.4. The van der Waals surface area contributed by atoms with Crippen LogP contribution in [0.25, 0.3) is 0 Å². The van der Waals surface area contributed by atoms with Crippen molar-refractivity contribution >= 4 is 17.5 Å². The van der Waals surface area contributed by atoms with E-state index in [0.717, 1.165) is 23.4 Å². The summed E-state index contributed by atoms with van der Waals surface area (Å²) in [5, 5.41) is 7.68. The van der Waals surface area contributed by atoms with E-state index >= 15 is 0 Å². The number of carbonyl (C=O) groups excluding carboxylic acids is 2. The monoisotopic (exact) mass is 402 g/mol. The second kappa shape index (κ2) is 8.53. The number of rotatable bonds is 6. The lowest BCUT2D eigenvalue weighted by Gasteiger charge is -2.19. The highest BCUT2D eigenvalue weighted by atomic mass is 16.2. The molecule has 30 heavy (non-hydrogen) atoms. The van der Waals surface area contributed by atoms with Crippen LogP contribution in [-0.2, 0) is 17.9 Å². The standard InChI is InChI=1S/C24H26N4O2/c1-17-21(18(2)28(26-17)16-19-9-4-3-5-10-19)15-25-24(30)20-11-6-7-12-22(20)27-14-8-13-23(27)29/h3-7,9-12H,8,13-16H2,1-2H3,(H,25,30). The third kappa shape index (κ3) is 3.99. The number of benzene rings is 2. The summed E-state index contributed by atoms with van der Waals surface area (Å²) in [7, 11) is 0. The molecule has 1 aliphatic rings. The van der Waals surface area contributed by atoms with Gasteiger partial charge in [-0.2, -0.15) is 5.10 Å². The molecular formula is C24H26N4O2. The van der Waals surface area contributed by atoms with E-state index in [2.05, 4.69) is 22.5 Å². The summed E-state index contributed by atoms with van der Waals surface area (Å²) in [5.74, 6) is -0.107. The summed E-state index contributed by atoms with van der Waals surface area (Å²) in [6.45, 7) is 5.75. The molecule has 0 unspecified atom stereocenters. The lowest BCUT2D eigenvalue weighted by molar-refractivity contribution is -0.117. The number of nitrogens with zero attached hydrogens (tertiary/aromatic N) is 3. The van der Waals surface area contributed by atoms with Crippen molar-refractivity contribution in [3.8, 4) is 0 Å². The first-order valence-corrected chi connectivity index (χ1v) is 10.3. The molecule has 2 amide bonds. The minimum Gasteiger partial charge on any atom is -0.348 e. The van der Waals surface area contributed by atoms with Gasteiger partial charge in [-0.05, 0) is 38.0 Å². The van der Waals surface area contributed by atoms with Crippen molar-refractivity contribution < 1.29 is 9.59 Å². The third-order valence-electron chi connectivity index (χ3n) is 5.65. The Morgan fingerprint density at radius 1 is 1.07 bits per heavy atom. The van der Waals surface area contributed by atoms with Gasteiger partial charge in [0.05, 0.1) is 23.5 Å². The van der Waals surface area contributed by atoms with E-state index < -0.39 is 0 Å². The van der Waals surface area contributed by atoms with Crippen LogP contribution >= 0.6 is 0 Å². The molecule has 1 aromatic heterocycles. The van der Waals surface area contributed by atoms with Crippen molar-refractivity contribution in [3.05, 3.63) is 82.7 Å². The van der Waals surface area contributed by atoms with Gasteiger partial charge in [-0.25, -0.2) is 0 Å². The summed E-state index contributed by atoms with van der Waals surface area (Å²) < 4.78 is 1.98. The Morgan fingerprint density at radius 3 is 2.53 bits per heavy atom. The predicted octanol–water partition coefficient (Wildman–Crippen LogP) is 3.61. The summed E-state index contributed by atoms with van der Waals surface area (Å²) in [4.78, 5) is 26.8. The highest BCUT2D eigenvalue weighted by Crippen LogP contribution is 2.25. The van der Waals surface area contributed by atoms with Crippen LogP contribution in [0, 0.1) is 13.8 Å². The van der Waals surface area contributed by atoms with Crippen LogP contribution in [0.5, 0.6) is 0 Å². The Bertz CT molecular complexity index is 1070. The van der Waals surface area contributed by atoms with Crippen LogP contribution in [0.1, 0.15) is 45.7 Å². The topological polar surface area (TPSA) is 67.2 Å². The molecule has 1 fully saturated rings. The van der Waals surface area contributed by atoms with Crippen LogP contribution in [0.2, 0.25) is 0 Å². The molecule has 1 saturated heterocycles. The number of aromatic nitrogens is 2. The van der Waals surface area contributed by atoms with E-state index in [1.54, 1.807) is 11.0 Å². The molecule has 1 N–H and O–H groups in total. The fraction of sp³-hybridized carbons (Fsp3) is 0.292. The molecule has 2 aromatic carbocycles. The number of amides is 2. The fourth-order valence-corrected chi connectivity index (χ4v) is 3.97.